The zero-order valence-corrected chi connectivity index (χ0v) is 14.4. The van der Waals surface area contributed by atoms with E-state index < -0.39 is 0 Å². The summed E-state index contributed by atoms with van der Waals surface area (Å²) in [6, 6.07) is 7.15. The van der Waals surface area contributed by atoms with Gasteiger partial charge in [0.25, 0.3) is 0 Å². The number of methoxy groups -OCH3 is 1. The Morgan fingerprint density at radius 3 is 2.62 bits per heavy atom. The van der Waals surface area contributed by atoms with Gasteiger partial charge in [-0.1, -0.05) is 0 Å². The van der Waals surface area contributed by atoms with Crippen molar-refractivity contribution in [2.75, 3.05) is 44.9 Å². The molecule has 24 heavy (non-hydrogen) atoms. The molecule has 1 N–H and O–H groups in total. The Morgan fingerprint density at radius 2 is 2.00 bits per heavy atom. The van der Waals surface area contributed by atoms with E-state index in [0.717, 1.165) is 11.4 Å². The lowest BCUT2D eigenvalue weighted by Crippen LogP contribution is -2.44. The predicted octanol–water partition coefficient (Wildman–Crippen LogP) is 1.48. The van der Waals surface area contributed by atoms with Crippen LogP contribution < -0.4 is 15.0 Å². The number of rotatable bonds is 8. The van der Waals surface area contributed by atoms with Gasteiger partial charge in [-0.2, -0.15) is 0 Å². The molecule has 1 aromatic carbocycles. The van der Waals surface area contributed by atoms with Gasteiger partial charge in [-0.05, 0) is 38.1 Å². The SMILES string of the molecule is CCOc1ccc(N2CCN(CC(=O)NC(C)COC)C2=O)cc1. The molecule has 0 bridgehead atoms. The molecule has 7 nitrogen and oxygen atoms in total. The number of amides is 3. The molecule has 1 heterocycles. The molecule has 0 aromatic heterocycles. The molecule has 7 heteroatoms. The number of hydrogen-bond donors (Lipinski definition) is 1. The Bertz CT molecular complexity index is 561. The molecule has 1 saturated heterocycles. The fourth-order valence-electron chi connectivity index (χ4n) is 2.64. The van der Waals surface area contributed by atoms with Crippen molar-refractivity contribution in [1.82, 2.24) is 10.2 Å². The third kappa shape index (κ3) is 4.61. The van der Waals surface area contributed by atoms with Crippen LogP contribution in [0.1, 0.15) is 13.8 Å². The molecule has 1 atom stereocenters. The lowest BCUT2D eigenvalue weighted by Gasteiger charge is -2.20. The first kappa shape index (κ1) is 18.1. The van der Waals surface area contributed by atoms with Crippen LogP contribution in [0.5, 0.6) is 5.75 Å². The minimum Gasteiger partial charge on any atom is -0.494 e. The third-order valence-electron chi connectivity index (χ3n) is 3.71. The summed E-state index contributed by atoms with van der Waals surface area (Å²) in [6.07, 6.45) is 0. The molecular formula is C17H25N3O4. The second-order valence-corrected chi connectivity index (χ2v) is 5.71. The van der Waals surface area contributed by atoms with Gasteiger partial charge in [-0.25, -0.2) is 4.79 Å². The van der Waals surface area contributed by atoms with E-state index in [0.29, 0.717) is 26.3 Å². The maximum atomic E-state index is 12.5. The minimum absolute atomic E-state index is 0.0560. The van der Waals surface area contributed by atoms with Gasteiger partial charge in [0.15, 0.2) is 0 Å². The molecule has 132 valence electrons. The van der Waals surface area contributed by atoms with Gasteiger partial charge in [-0.15, -0.1) is 0 Å². The Balaban J connectivity index is 1.91. The van der Waals surface area contributed by atoms with Gasteiger partial charge in [0.2, 0.25) is 5.91 Å². The van der Waals surface area contributed by atoms with Crippen LogP contribution in [0.3, 0.4) is 0 Å². The van der Waals surface area contributed by atoms with E-state index in [4.69, 9.17) is 9.47 Å². The number of nitrogens with zero attached hydrogens (tertiary/aromatic N) is 2. The van der Waals surface area contributed by atoms with Gasteiger partial charge in [0.05, 0.1) is 13.2 Å². The van der Waals surface area contributed by atoms with Crippen LogP contribution in [-0.2, 0) is 9.53 Å². The zero-order chi connectivity index (χ0) is 17.5. The van der Waals surface area contributed by atoms with Crippen molar-refractivity contribution in [2.24, 2.45) is 0 Å². The van der Waals surface area contributed by atoms with Crippen LogP contribution in [0.2, 0.25) is 0 Å². The normalized spacial score (nSPS) is 15.5. The van der Waals surface area contributed by atoms with E-state index >= 15 is 0 Å². The second-order valence-electron chi connectivity index (χ2n) is 5.71. The molecule has 0 radical (unpaired) electrons. The average molecular weight is 335 g/mol. The summed E-state index contributed by atoms with van der Waals surface area (Å²) < 4.78 is 10.4. The van der Waals surface area contributed by atoms with E-state index in [1.807, 2.05) is 38.1 Å². The van der Waals surface area contributed by atoms with Gasteiger partial charge >= 0.3 is 6.03 Å². The number of hydrogen-bond acceptors (Lipinski definition) is 4. The first-order chi connectivity index (χ1) is 11.5. The highest BCUT2D eigenvalue weighted by Crippen LogP contribution is 2.23. The molecule has 1 aliphatic rings. The van der Waals surface area contributed by atoms with E-state index in [1.165, 1.54) is 0 Å². The largest absolute Gasteiger partial charge is 0.494 e. The number of carbonyl (C=O) groups is 2. The quantitative estimate of drug-likeness (QED) is 0.781. The van der Waals surface area contributed by atoms with Crippen molar-refractivity contribution in [3.63, 3.8) is 0 Å². The van der Waals surface area contributed by atoms with E-state index in [2.05, 4.69) is 5.32 Å². The van der Waals surface area contributed by atoms with Gasteiger partial charge in [-0.3, -0.25) is 9.69 Å². The van der Waals surface area contributed by atoms with Crippen molar-refractivity contribution in [3.05, 3.63) is 24.3 Å². The Labute approximate surface area is 142 Å². The lowest BCUT2D eigenvalue weighted by atomic mass is 10.3. The Hall–Kier alpha value is -2.28. The van der Waals surface area contributed by atoms with Crippen LogP contribution >= 0.6 is 0 Å². The minimum atomic E-state index is -0.179. The summed E-state index contributed by atoms with van der Waals surface area (Å²) in [5.74, 6) is 0.595. The van der Waals surface area contributed by atoms with Gasteiger partial charge < -0.3 is 19.7 Å². The topological polar surface area (TPSA) is 71.1 Å². The highest BCUT2D eigenvalue weighted by molar-refractivity contribution is 5.96. The van der Waals surface area contributed by atoms with Crippen LogP contribution in [0.25, 0.3) is 0 Å². The van der Waals surface area contributed by atoms with Crippen LogP contribution in [0.4, 0.5) is 10.5 Å². The molecule has 0 spiro atoms. The predicted molar refractivity (Wildman–Crippen MR) is 91.4 cm³/mol. The van der Waals surface area contributed by atoms with E-state index in [9.17, 15) is 9.59 Å². The molecular weight excluding hydrogens is 310 g/mol. The summed E-state index contributed by atoms with van der Waals surface area (Å²) >= 11 is 0. The lowest BCUT2D eigenvalue weighted by molar-refractivity contribution is -0.122. The van der Waals surface area contributed by atoms with Gasteiger partial charge in [0, 0.05) is 31.9 Å². The van der Waals surface area contributed by atoms with Gasteiger partial charge in [0.1, 0.15) is 12.3 Å². The smallest absolute Gasteiger partial charge is 0.325 e. The fourth-order valence-corrected chi connectivity index (χ4v) is 2.64. The summed E-state index contributed by atoms with van der Waals surface area (Å²) in [5, 5.41) is 2.81. The van der Waals surface area contributed by atoms with Crippen LogP contribution in [-0.4, -0.2) is 62.8 Å². The Morgan fingerprint density at radius 1 is 1.29 bits per heavy atom. The fraction of sp³-hybridized carbons (Fsp3) is 0.529. The average Bonchev–Trinajstić information content (AvgIpc) is 2.89. The van der Waals surface area contributed by atoms with Crippen molar-refractivity contribution in [3.8, 4) is 5.75 Å². The molecule has 0 saturated carbocycles. The summed E-state index contributed by atoms with van der Waals surface area (Å²) in [6.45, 7) is 5.98. The van der Waals surface area contributed by atoms with Crippen LogP contribution in [0.15, 0.2) is 24.3 Å². The standard InChI is InChI=1S/C17H25N3O4/c1-4-24-15-7-5-14(6-8-15)20-10-9-19(17(20)22)11-16(21)18-13(2)12-23-3/h5-8,13H,4,9-12H2,1-3H3,(H,18,21). The maximum Gasteiger partial charge on any atom is 0.325 e. The number of anilines is 1. The van der Waals surface area contributed by atoms with Crippen LogP contribution in [0, 0.1) is 0 Å². The molecule has 1 fully saturated rings. The zero-order valence-electron chi connectivity index (χ0n) is 14.4. The number of urea groups is 1. The molecule has 1 aliphatic heterocycles. The molecule has 1 unspecified atom stereocenters. The summed E-state index contributed by atoms with van der Waals surface area (Å²) in [5.41, 5.74) is 0.805. The monoisotopic (exact) mass is 335 g/mol. The summed E-state index contributed by atoms with van der Waals surface area (Å²) in [4.78, 5) is 27.7. The van der Waals surface area contributed by atoms with E-state index in [1.54, 1.807) is 16.9 Å². The highest BCUT2D eigenvalue weighted by Gasteiger charge is 2.30. The Kier molecular flexibility index (Phi) is 6.43. The molecule has 0 aliphatic carbocycles. The third-order valence-corrected chi connectivity index (χ3v) is 3.71. The molecule has 1 aromatic rings. The first-order valence-electron chi connectivity index (χ1n) is 8.12. The summed E-state index contributed by atoms with van der Waals surface area (Å²) in [7, 11) is 1.58. The van der Waals surface area contributed by atoms with Crippen molar-refractivity contribution < 1.29 is 19.1 Å². The number of nitrogens with one attached hydrogen (secondary N) is 1. The van der Waals surface area contributed by atoms with Crippen molar-refractivity contribution >= 4 is 17.6 Å². The number of benzene rings is 1. The molecule has 2 rings (SSSR count). The number of carbonyl (C=O) groups excluding carboxylic acids is 2. The number of ether oxygens (including phenoxy) is 2. The van der Waals surface area contributed by atoms with Crippen molar-refractivity contribution in [2.45, 2.75) is 19.9 Å². The first-order valence-corrected chi connectivity index (χ1v) is 8.12. The molecule has 3 amide bonds. The maximum absolute atomic E-state index is 12.5. The van der Waals surface area contributed by atoms with E-state index in [-0.39, 0.29) is 24.5 Å². The van der Waals surface area contributed by atoms with Crippen molar-refractivity contribution in [1.29, 1.82) is 0 Å². The second kappa shape index (κ2) is 8.54. The highest BCUT2D eigenvalue weighted by atomic mass is 16.5.